The Morgan fingerprint density at radius 1 is 1.56 bits per heavy atom. The SMILES string of the molecule is CCn1nc(C)cc1CC(=O)c1cnsn1. The van der Waals surface area contributed by atoms with E-state index >= 15 is 0 Å². The lowest BCUT2D eigenvalue weighted by atomic mass is 10.1. The van der Waals surface area contributed by atoms with Crippen LogP contribution in [0.5, 0.6) is 0 Å². The van der Waals surface area contributed by atoms with Crippen LogP contribution in [0.25, 0.3) is 0 Å². The van der Waals surface area contributed by atoms with Crippen molar-refractivity contribution < 1.29 is 4.79 Å². The highest BCUT2D eigenvalue weighted by atomic mass is 32.1. The van der Waals surface area contributed by atoms with Crippen molar-refractivity contribution in [3.8, 4) is 0 Å². The van der Waals surface area contributed by atoms with Gasteiger partial charge in [-0.1, -0.05) is 0 Å². The second-order valence-electron chi connectivity index (χ2n) is 3.49. The third kappa shape index (κ3) is 2.16. The van der Waals surface area contributed by atoms with Gasteiger partial charge in [-0.15, -0.1) is 0 Å². The van der Waals surface area contributed by atoms with Crippen molar-refractivity contribution in [2.45, 2.75) is 26.8 Å². The standard InChI is InChI=1S/C10H12N4OS/c1-3-14-8(4-7(2)12-14)5-10(15)9-6-11-16-13-9/h4,6H,3,5H2,1-2H3. The second kappa shape index (κ2) is 4.52. The first-order chi connectivity index (χ1) is 7.70. The minimum absolute atomic E-state index is 0.0108. The van der Waals surface area contributed by atoms with Gasteiger partial charge in [0.05, 0.1) is 30.0 Å². The molecule has 0 saturated carbocycles. The molecule has 0 aliphatic carbocycles. The van der Waals surface area contributed by atoms with E-state index in [1.54, 1.807) is 0 Å². The molecule has 16 heavy (non-hydrogen) atoms. The number of carbonyl (C=O) groups is 1. The van der Waals surface area contributed by atoms with Crippen LogP contribution in [0.4, 0.5) is 0 Å². The fourth-order valence-corrected chi connectivity index (χ4v) is 1.99. The quantitative estimate of drug-likeness (QED) is 0.754. The van der Waals surface area contributed by atoms with Crippen LogP contribution in [0, 0.1) is 6.92 Å². The van der Waals surface area contributed by atoms with Crippen LogP contribution in [0.15, 0.2) is 12.3 Å². The van der Waals surface area contributed by atoms with E-state index in [1.807, 2.05) is 24.6 Å². The molecule has 0 saturated heterocycles. The molecule has 5 nitrogen and oxygen atoms in total. The summed E-state index contributed by atoms with van der Waals surface area (Å²) in [7, 11) is 0. The summed E-state index contributed by atoms with van der Waals surface area (Å²) >= 11 is 1.05. The molecule has 0 aromatic carbocycles. The normalized spacial score (nSPS) is 10.6. The predicted octanol–water partition coefficient (Wildman–Crippen LogP) is 1.49. The first kappa shape index (κ1) is 10.9. The Morgan fingerprint density at radius 3 is 3.00 bits per heavy atom. The molecule has 0 fully saturated rings. The first-order valence-corrected chi connectivity index (χ1v) is 5.78. The van der Waals surface area contributed by atoms with Crippen molar-refractivity contribution in [3.63, 3.8) is 0 Å². The van der Waals surface area contributed by atoms with E-state index in [0.717, 1.165) is 29.7 Å². The van der Waals surface area contributed by atoms with Gasteiger partial charge in [-0.05, 0) is 19.9 Å². The van der Waals surface area contributed by atoms with Crippen LogP contribution in [-0.4, -0.2) is 24.3 Å². The van der Waals surface area contributed by atoms with Gasteiger partial charge in [0, 0.05) is 12.2 Å². The molecule has 84 valence electrons. The highest BCUT2D eigenvalue weighted by molar-refractivity contribution is 6.99. The zero-order valence-electron chi connectivity index (χ0n) is 9.17. The van der Waals surface area contributed by atoms with Crippen LogP contribution in [0.2, 0.25) is 0 Å². The Balaban J connectivity index is 2.17. The molecule has 0 bridgehead atoms. The van der Waals surface area contributed by atoms with Crippen molar-refractivity contribution in [2.75, 3.05) is 0 Å². The van der Waals surface area contributed by atoms with Gasteiger partial charge in [-0.2, -0.15) is 13.8 Å². The van der Waals surface area contributed by atoms with E-state index in [1.165, 1.54) is 6.20 Å². The summed E-state index contributed by atoms with van der Waals surface area (Å²) in [5.74, 6) is -0.0108. The van der Waals surface area contributed by atoms with E-state index < -0.39 is 0 Å². The van der Waals surface area contributed by atoms with E-state index in [-0.39, 0.29) is 5.78 Å². The number of aromatic nitrogens is 4. The molecule has 0 N–H and O–H groups in total. The average molecular weight is 236 g/mol. The highest BCUT2D eigenvalue weighted by Gasteiger charge is 2.13. The maximum Gasteiger partial charge on any atom is 0.189 e. The Bertz CT molecular complexity index is 489. The monoisotopic (exact) mass is 236 g/mol. The largest absolute Gasteiger partial charge is 0.292 e. The lowest BCUT2D eigenvalue weighted by Gasteiger charge is -2.01. The van der Waals surface area contributed by atoms with Crippen molar-refractivity contribution in [3.05, 3.63) is 29.3 Å². The minimum atomic E-state index is -0.0108. The van der Waals surface area contributed by atoms with E-state index in [9.17, 15) is 4.79 Å². The van der Waals surface area contributed by atoms with E-state index in [2.05, 4.69) is 13.8 Å². The van der Waals surface area contributed by atoms with Gasteiger partial charge < -0.3 is 0 Å². The van der Waals surface area contributed by atoms with Crippen molar-refractivity contribution in [2.24, 2.45) is 0 Å². The third-order valence-corrected chi connectivity index (χ3v) is 2.75. The molecule has 0 amide bonds. The van der Waals surface area contributed by atoms with Gasteiger partial charge in [-0.25, -0.2) is 0 Å². The van der Waals surface area contributed by atoms with Gasteiger partial charge in [0.25, 0.3) is 0 Å². The van der Waals surface area contributed by atoms with Gasteiger partial charge >= 0.3 is 0 Å². The number of aryl methyl sites for hydroxylation is 2. The number of ketones is 1. The minimum Gasteiger partial charge on any atom is -0.292 e. The maximum absolute atomic E-state index is 11.8. The Labute approximate surface area is 97.4 Å². The number of hydrogen-bond donors (Lipinski definition) is 0. The molecular weight excluding hydrogens is 224 g/mol. The smallest absolute Gasteiger partial charge is 0.189 e. The average Bonchev–Trinajstić information content (AvgIpc) is 2.87. The van der Waals surface area contributed by atoms with Crippen molar-refractivity contribution in [1.29, 1.82) is 0 Å². The van der Waals surface area contributed by atoms with Crippen molar-refractivity contribution in [1.82, 2.24) is 18.5 Å². The molecular formula is C10H12N4OS. The molecule has 0 radical (unpaired) electrons. The molecule has 2 aromatic rings. The zero-order valence-corrected chi connectivity index (χ0v) is 9.99. The number of nitrogens with zero attached hydrogens (tertiary/aromatic N) is 4. The Kier molecular flexibility index (Phi) is 3.09. The summed E-state index contributed by atoms with van der Waals surface area (Å²) in [4.78, 5) is 11.8. The van der Waals surface area contributed by atoms with Crippen LogP contribution in [0.3, 0.4) is 0 Å². The predicted molar refractivity (Wildman–Crippen MR) is 60.6 cm³/mol. The van der Waals surface area contributed by atoms with E-state index in [4.69, 9.17) is 0 Å². The summed E-state index contributed by atoms with van der Waals surface area (Å²) in [5, 5.41) is 4.29. The van der Waals surface area contributed by atoms with Gasteiger partial charge in [0.1, 0.15) is 5.69 Å². The number of Topliss-reactive ketones (excluding diaryl/α,β-unsaturated/α-hetero) is 1. The number of rotatable bonds is 4. The fourth-order valence-electron chi connectivity index (χ4n) is 1.56. The molecule has 2 aromatic heterocycles. The lowest BCUT2D eigenvalue weighted by molar-refractivity contribution is 0.0986. The number of hydrogen-bond acceptors (Lipinski definition) is 5. The molecule has 0 aliphatic rings. The van der Waals surface area contributed by atoms with Gasteiger partial charge in [-0.3, -0.25) is 9.48 Å². The van der Waals surface area contributed by atoms with Crippen LogP contribution >= 0.6 is 11.7 Å². The Hall–Kier alpha value is -1.56. The molecule has 2 heterocycles. The highest BCUT2D eigenvalue weighted by Crippen LogP contribution is 2.08. The summed E-state index contributed by atoms with van der Waals surface area (Å²) in [6.07, 6.45) is 1.84. The molecule has 0 unspecified atom stereocenters. The summed E-state index contributed by atoms with van der Waals surface area (Å²) < 4.78 is 9.59. The molecule has 0 aliphatic heterocycles. The third-order valence-electron chi connectivity index (χ3n) is 2.27. The number of carbonyl (C=O) groups excluding carboxylic acids is 1. The summed E-state index contributed by atoms with van der Waals surface area (Å²) in [5.41, 5.74) is 2.30. The Morgan fingerprint density at radius 2 is 2.38 bits per heavy atom. The van der Waals surface area contributed by atoms with Crippen molar-refractivity contribution >= 4 is 17.5 Å². The summed E-state index contributed by atoms with van der Waals surface area (Å²) in [6, 6.07) is 1.93. The van der Waals surface area contributed by atoms with Gasteiger partial charge in [0.2, 0.25) is 0 Å². The lowest BCUT2D eigenvalue weighted by Crippen LogP contribution is -2.09. The molecule has 6 heteroatoms. The fraction of sp³-hybridized carbons (Fsp3) is 0.400. The van der Waals surface area contributed by atoms with E-state index in [0.29, 0.717) is 12.1 Å². The van der Waals surface area contributed by atoms with Crippen LogP contribution in [0.1, 0.15) is 28.8 Å². The van der Waals surface area contributed by atoms with Gasteiger partial charge in [0.15, 0.2) is 5.78 Å². The molecule has 0 spiro atoms. The van der Waals surface area contributed by atoms with Crippen LogP contribution in [-0.2, 0) is 13.0 Å². The zero-order chi connectivity index (χ0) is 11.5. The second-order valence-corrected chi connectivity index (χ2v) is 4.04. The molecule has 2 rings (SSSR count). The van der Waals surface area contributed by atoms with Crippen LogP contribution < -0.4 is 0 Å². The first-order valence-electron chi connectivity index (χ1n) is 5.04. The molecule has 0 atom stereocenters. The topological polar surface area (TPSA) is 60.7 Å². The maximum atomic E-state index is 11.8. The summed E-state index contributed by atoms with van der Waals surface area (Å²) in [6.45, 7) is 4.70.